The molecule has 0 spiro atoms. The first-order valence-corrected chi connectivity index (χ1v) is 7.31. The highest BCUT2D eigenvalue weighted by atomic mass is 19.1. The van der Waals surface area contributed by atoms with Crippen molar-refractivity contribution in [1.29, 1.82) is 0 Å². The molecule has 116 valence electrons. The number of pyridine rings is 1. The predicted octanol–water partition coefficient (Wildman–Crippen LogP) is 1.29. The third kappa shape index (κ3) is 3.06. The Morgan fingerprint density at radius 2 is 2.29 bits per heavy atom. The van der Waals surface area contributed by atoms with Gasteiger partial charge in [0.15, 0.2) is 5.54 Å². The predicted molar refractivity (Wildman–Crippen MR) is 77.2 cm³/mol. The molecule has 1 aliphatic heterocycles. The number of nitrogens with one attached hydrogen (secondary N) is 1. The van der Waals surface area contributed by atoms with Gasteiger partial charge in [-0.25, -0.2) is 9.18 Å². The van der Waals surface area contributed by atoms with Crippen molar-refractivity contribution in [3.05, 3.63) is 29.8 Å². The summed E-state index contributed by atoms with van der Waals surface area (Å²) in [6.07, 6.45) is 2.62. The fourth-order valence-corrected chi connectivity index (χ4v) is 2.96. The van der Waals surface area contributed by atoms with Crippen LogP contribution in [0.1, 0.15) is 25.5 Å². The van der Waals surface area contributed by atoms with Gasteiger partial charge in [-0.2, -0.15) is 0 Å². The fourth-order valence-electron chi connectivity index (χ4n) is 2.96. The van der Waals surface area contributed by atoms with Crippen LogP contribution in [0.5, 0.6) is 0 Å². The molecular formula is C15H22FN3O2. The summed E-state index contributed by atoms with van der Waals surface area (Å²) in [5.74, 6) is -0.753. The number of esters is 1. The molecule has 0 radical (unpaired) electrons. The van der Waals surface area contributed by atoms with Gasteiger partial charge in [0.1, 0.15) is 5.82 Å². The monoisotopic (exact) mass is 295 g/mol. The molecule has 0 amide bonds. The van der Waals surface area contributed by atoms with Crippen LogP contribution < -0.4 is 5.32 Å². The summed E-state index contributed by atoms with van der Waals surface area (Å²) < 4.78 is 18.2. The zero-order valence-corrected chi connectivity index (χ0v) is 12.6. The zero-order chi connectivity index (χ0) is 15.3. The van der Waals surface area contributed by atoms with E-state index in [0.717, 1.165) is 38.8 Å². The van der Waals surface area contributed by atoms with Gasteiger partial charge in [-0.15, -0.1) is 0 Å². The van der Waals surface area contributed by atoms with Gasteiger partial charge in [0.2, 0.25) is 0 Å². The molecule has 21 heavy (non-hydrogen) atoms. The van der Waals surface area contributed by atoms with Crippen LogP contribution >= 0.6 is 0 Å². The third-order valence-electron chi connectivity index (χ3n) is 4.07. The van der Waals surface area contributed by atoms with Crippen LogP contribution in [0.4, 0.5) is 4.39 Å². The van der Waals surface area contributed by atoms with Crippen molar-refractivity contribution in [3.63, 3.8) is 0 Å². The Labute approximate surface area is 124 Å². The number of hydrogen-bond donors (Lipinski definition) is 1. The summed E-state index contributed by atoms with van der Waals surface area (Å²) in [6.45, 7) is 5.16. The van der Waals surface area contributed by atoms with Crippen molar-refractivity contribution < 1.29 is 13.9 Å². The average Bonchev–Trinajstić information content (AvgIpc) is 2.79. The fraction of sp³-hybridized carbons (Fsp3) is 0.600. The number of halogens is 1. The number of methoxy groups -OCH3 is 1. The molecule has 1 N–H and O–H groups in total. The molecule has 0 saturated carbocycles. The highest BCUT2D eigenvalue weighted by Gasteiger charge is 2.46. The van der Waals surface area contributed by atoms with Gasteiger partial charge >= 0.3 is 5.97 Å². The molecule has 1 aromatic heterocycles. The Kier molecular flexibility index (Phi) is 5.25. The van der Waals surface area contributed by atoms with Crippen molar-refractivity contribution in [2.45, 2.75) is 25.3 Å². The smallest absolute Gasteiger partial charge is 0.332 e. The Balaban J connectivity index is 2.46. The van der Waals surface area contributed by atoms with Gasteiger partial charge in [-0.05, 0) is 31.5 Å². The molecule has 1 fully saturated rings. The van der Waals surface area contributed by atoms with Gasteiger partial charge in [0, 0.05) is 19.6 Å². The second-order valence-electron chi connectivity index (χ2n) is 5.16. The molecule has 0 aromatic carbocycles. The Hall–Kier alpha value is -1.53. The first-order valence-electron chi connectivity index (χ1n) is 7.31. The lowest BCUT2D eigenvalue weighted by atomic mass is 9.88. The lowest BCUT2D eigenvalue weighted by Gasteiger charge is -2.39. The highest BCUT2D eigenvalue weighted by molar-refractivity contribution is 5.82. The summed E-state index contributed by atoms with van der Waals surface area (Å²) in [5, 5.41) is 3.32. The number of ether oxygens (including phenoxy) is 1. The van der Waals surface area contributed by atoms with Crippen LogP contribution in [-0.4, -0.2) is 49.1 Å². The van der Waals surface area contributed by atoms with Crippen molar-refractivity contribution in [3.8, 4) is 0 Å². The van der Waals surface area contributed by atoms with Crippen molar-refractivity contribution in [2.75, 3.05) is 33.3 Å². The van der Waals surface area contributed by atoms with Crippen LogP contribution in [0, 0.1) is 5.82 Å². The third-order valence-corrected chi connectivity index (χ3v) is 4.07. The second-order valence-corrected chi connectivity index (χ2v) is 5.16. The Morgan fingerprint density at radius 3 is 2.90 bits per heavy atom. The largest absolute Gasteiger partial charge is 0.467 e. The van der Waals surface area contributed by atoms with Crippen molar-refractivity contribution in [1.82, 2.24) is 15.2 Å². The van der Waals surface area contributed by atoms with Crippen molar-refractivity contribution >= 4 is 5.97 Å². The maximum absolute atomic E-state index is 13.2. The quantitative estimate of drug-likeness (QED) is 0.849. The summed E-state index contributed by atoms with van der Waals surface area (Å²) in [6, 6.07) is 2.92. The number of aromatic nitrogens is 1. The van der Waals surface area contributed by atoms with Crippen molar-refractivity contribution in [2.24, 2.45) is 0 Å². The number of rotatable bonds is 4. The van der Waals surface area contributed by atoms with E-state index in [0.29, 0.717) is 12.1 Å². The van der Waals surface area contributed by atoms with Crippen LogP contribution in [-0.2, 0) is 15.1 Å². The van der Waals surface area contributed by atoms with Crippen LogP contribution in [0.3, 0.4) is 0 Å². The molecule has 5 nitrogen and oxygen atoms in total. The number of nitrogens with zero attached hydrogens (tertiary/aromatic N) is 2. The molecule has 1 saturated heterocycles. The van der Waals surface area contributed by atoms with Crippen LogP contribution in [0.25, 0.3) is 0 Å². The first kappa shape index (κ1) is 15.9. The van der Waals surface area contributed by atoms with E-state index in [1.54, 1.807) is 6.07 Å². The minimum Gasteiger partial charge on any atom is -0.467 e. The van der Waals surface area contributed by atoms with E-state index < -0.39 is 11.4 Å². The van der Waals surface area contributed by atoms with E-state index in [-0.39, 0.29) is 5.97 Å². The summed E-state index contributed by atoms with van der Waals surface area (Å²) in [7, 11) is 1.38. The molecular weight excluding hydrogens is 273 g/mol. The van der Waals surface area contributed by atoms with Gasteiger partial charge in [-0.3, -0.25) is 9.88 Å². The van der Waals surface area contributed by atoms with E-state index in [4.69, 9.17) is 4.74 Å². The second kappa shape index (κ2) is 6.95. The molecule has 6 heteroatoms. The van der Waals surface area contributed by atoms with E-state index in [2.05, 4.69) is 15.2 Å². The SMILES string of the molecule is CCC(C(=O)OC)(c1ccc(F)cn1)N1CCCNCC1. The Morgan fingerprint density at radius 1 is 1.48 bits per heavy atom. The molecule has 1 unspecified atom stereocenters. The normalized spacial score (nSPS) is 19.6. The van der Waals surface area contributed by atoms with Gasteiger partial charge in [-0.1, -0.05) is 6.92 Å². The Bertz CT molecular complexity index is 472. The lowest BCUT2D eigenvalue weighted by Crippen LogP contribution is -2.54. The number of carbonyl (C=O) groups excluding carboxylic acids is 1. The molecule has 1 aromatic rings. The van der Waals surface area contributed by atoms with Crippen LogP contribution in [0.2, 0.25) is 0 Å². The number of hydrogen-bond acceptors (Lipinski definition) is 5. The minimum absolute atomic E-state index is 0.342. The molecule has 0 aliphatic carbocycles. The molecule has 0 bridgehead atoms. The van der Waals surface area contributed by atoms with Gasteiger partial charge in [0.25, 0.3) is 0 Å². The van der Waals surface area contributed by atoms with Gasteiger partial charge in [0.05, 0.1) is 19.0 Å². The van der Waals surface area contributed by atoms with E-state index in [1.165, 1.54) is 13.2 Å². The first-order chi connectivity index (χ1) is 10.1. The standard InChI is InChI=1S/C15H22FN3O2/c1-3-15(14(20)21-2,13-6-5-12(16)11-18-13)19-9-4-7-17-8-10-19/h5-6,11,17H,3-4,7-10H2,1-2H3. The van der Waals surface area contributed by atoms with Crippen LogP contribution in [0.15, 0.2) is 18.3 Å². The molecule has 1 aliphatic rings. The highest BCUT2D eigenvalue weighted by Crippen LogP contribution is 2.33. The summed E-state index contributed by atoms with van der Waals surface area (Å²) in [5.41, 5.74) is -0.408. The number of carbonyl (C=O) groups is 1. The van der Waals surface area contributed by atoms with Gasteiger partial charge < -0.3 is 10.1 Å². The van der Waals surface area contributed by atoms with E-state index in [9.17, 15) is 9.18 Å². The molecule has 1 atom stereocenters. The topological polar surface area (TPSA) is 54.5 Å². The molecule has 2 rings (SSSR count). The summed E-state index contributed by atoms with van der Waals surface area (Å²) in [4.78, 5) is 18.8. The van der Waals surface area contributed by atoms with E-state index >= 15 is 0 Å². The lowest BCUT2D eigenvalue weighted by molar-refractivity contribution is -0.157. The molecule has 2 heterocycles. The minimum atomic E-state index is -0.950. The zero-order valence-electron chi connectivity index (χ0n) is 12.6. The summed E-state index contributed by atoms with van der Waals surface area (Å²) >= 11 is 0. The van der Waals surface area contributed by atoms with E-state index in [1.807, 2.05) is 6.92 Å². The maximum Gasteiger partial charge on any atom is 0.332 e. The average molecular weight is 295 g/mol. The maximum atomic E-state index is 13.2.